The van der Waals surface area contributed by atoms with E-state index in [4.69, 9.17) is 4.74 Å². The van der Waals surface area contributed by atoms with Crippen LogP contribution in [0.15, 0.2) is 59.8 Å². The zero-order chi connectivity index (χ0) is 21.1. The SMILES string of the molecule is Cc1ccc(/C(=N/O)N(C)C2CCN(C)CC2)c(Oc2ccc3ccccc3c2)n1. The molecule has 156 valence electrons. The van der Waals surface area contributed by atoms with Crippen molar-refractivity contribution in [2.45, 2.75) is 25.8 Å². The fourth-order valence-electron chi connectivity index (χ4n) is 3.99. The molecule has 0 bridgehead atoms. The number of hydrogen-bond acceptors (Lipinski definition) is 5. The first-order chi connectivity index (χ1) is 14.5. The first kappa shape index (κ1) is 20.2. The van der Waals surface area contributed by atoms with Gasteiger partial charge < -0.3 is 19.7 Å². The van der Waals surface area contributed by atoms with E-state index in [1.54, 1.807) is 0 Å². The van der Waals surface area contributed by atoms with Gasteiger partial charge in [-0.2, -0.15) is 0 Å². The first-order valence-corrected chi connectivity index (χ1v) is 10.3. The van der Waals surface area contributed by atoms with E-state index in [1.165, 1.54) is 0 Å². The predicted octanol–water partition coefficient (Wildman–Crippen LogP) is 4.50. The van der Waals surface area contributed by atoms with Gasteiger partial charge in [-0.25, -0.2) is 4.98 Å². The van der Waals surface area contributed by atoms with Crippen molar-refractivity contribution in [1.82, 2.24) is 14.8 Å². The van der Waals surface area contributed by atoms with Crippen molar-refractivity contribution in [1.29, 1.82) is 0 Å². The molecule has 4 rings (SSSR count). The Morgan fingerprint density at radius 1 is 1.10 bits per heavy atom. The van der Waals surface area contributed by atoms with Crippen LogP contribution in [0.25, 0.3) is 10.8 Å². The number of nitrogens with zero attached hydrogens (tertiary/aromatic N) is 4. The third-order valence-electron chi connectivity index (χ3n) is 5.84. The standard InChI is InChI=1S/C24H28N4O2/c1-17-8-11-22(23(26-29)28(3)20-12-14-27(2)15-13-20)24(25-17)30-21-10-9-18-6-4-5-7-19(18)16-21/h4-11,16,20,29H,12-15H2,1-3H3/b26-23-. The molecule has 0 radical (unpaired) electrons. The number of piperidine rings is 1. The normalized spacial score (nSPS) is 16.0. The number of oxime groups is 1. The highest BCUT2D eigenvalue weighted by molar-refractivity contribution is 6.00. The lowest BCUT2D eigenvalue weighted by Gasteiger charge is -2.36. The van der Waals surface area contributed by atoms with Crippen molar-refractivity contribution in [3.05, 3.63) is 65.9 Å². The molecule has 1 aliphatic rings. The quantitative estimate of drug-likeness (QED) is 0.300. The Hall–Kier alpha value is -3.12. The molecule has 6 nitrogen and oxygen atoms in total. The van der Waals surface area contributed by atoms with E-state index < -0.39 is 0 Å². The van der Waals surface area contributed by atoms with E-state index in [-0.39, 0.29) is 0 Å². The molecule has 6 heteroatoms. The number of benzene rings is 2. The van der Waals surface area contributed by atoms with E-state index in [0.29, 0.717) is 29.1 Å². The molecule has 30 heavy (non-hydrogen) atoms. The summed E-state index contributed by atoms with van der Waals surface area (Å²) in [5, 5.41) is 15.8. The molecule has 1 aliphatic heterocycles. The van der Waals surface area contributed by atoms with Crippen LogP contribution in [0.2, 0.25) is 0 Å². The maximum Gasteiger partial charge on any atom is 0.230 e. The number of amidine groups is 1. The summed E-state index contributed by atoms with van der Waals surface area (Å²) in [7, 11) is 4.11. The summed E-state index contributed by atoms with van der Waals surface area (Å²) in [6.45, 7) is 3.98. The van der Waals surface area contributed by atoms with Gasteiger partial charge in [0.15, 0.2) is 5.84 Å². The van der Waals surface area contributed by atoms with Gasteiger partial charge in [-0.1, -0.05) is 35.5 Å². The minimum atomic E-state index is 0.307. The summed E-state index contributed by atoms with van der Waals surface area (Å²) in [5.41, 5.74) is 1.52. The van der Waals surface area contributed by atoms with Crippen LogP contribution in [-0.4, -0.2) is 59.1 Å². The minimum absolute atomic E-state index is 0.307. The minimum Gasteiger partial charge on any atom is -0.438 e. The van der Waals surface area contributed by atoms with Crippen LogP contribution in [0, 0.1) is 6.92 Å². The van der Waals surface area contributed by atoms with E-state index >= 15 is 0 Å². The average molecular weight is 405 g/mol. The molecule has 0 unspecified atom stereocenters. The number of fused-ring (bicyclic) bond motifs is 1. The molecule has 1 fully saturated rings. The van der Waals surface area contributed by atoms with Gasteiger partial charge in [-0.15, -0.1) is 0 Å². The number of pyridine rings is 1. The van der Waals surface area contributed by atoms with Crippen molar-refractivity contribution >= 4 is 16.6 Å². The lowest BCUT2D eigenvalue weighted by atomic mass is 10.0. The smallest absolute Gasteiger partial charge is 0.230 e. The fourth-order valence-corrected chi connectivity index (χ4v) is 3.99. The highest BCUT2D eigenvalue weighted by Crippen LogP contribution is 2.29. The molecular formula is C24H28N4O2. The topological polar surface area (TPSA) is 61.2 Å². The summed E-state index contributed by atoms with van der Waals surface area (Å²) < 4.78 is 6.20. The summed E-state index contributed by atoms with van der Waals surface area (Å²) in [6, 6.07) is 18.3. The molecule has 0 saturated carbocycles. The highest BCUT2D eigenvalue weighted by Gasteiger charge is 2.26. The summed E-state index contributed by atoms with van der Waals surface area (Å²) in [4.78, 5) is 8.98. The summed E-state index contributed by atoms with van der Waals surface area (Å²) in [5.74, 6) is 1.62. The van der Waals surface area contributed by atoms with Crippen LogP contribution in [0.5, 0.6) is 11.6 Å². The fraction of sp³-hybridized carbons (Fsp3) is 0.333. The molecule has 3 aromatic rings. The van der Waals surface area contributed by atoms with Crippen LogP contribution in [0.4, 0.5) is 0 Å². The van der Waals surface area contributed by atoms with E-state index in [9.17, 15) is 5.21 Å². The molecule has 0 spiro atoms. The summed E-state index contributed by atoms with van der Waals surface area (Å²) >= 11 is 0. The number of aromatic nitrogens is 1. The lowest BCUT2D eigenvalue weighted by Crippen LogP contribution is -2.44. The molecule has 0 atom stereocenters. The molecule has 2 aromatic carbocycles. The van der Waals surface area contributed by atoms with Crippen molar-refractivity contribution in [3.8, 4) is 11.6 Å². The van der Waals surface area contributed by atoms with Crippen molar-refractivity contribution < 1.29 is 9.94 Å². The second kappa shape index (κ2) is 8.71. The molecule has 1 N–H and O–H groups in total. The Bertz CT molecular complexity index is 1060. The Balaban J connectivity index is 1.64. The zero-order valence-corrected chi connectivity index (χ0v) is 17.7. The van der Waals surface area contributed by atoms with Crippen LogP contribution >= 0.6 is 0 Å². The Kier molecular flexibility index (Phi) is 5.86. The van der Waals surface area contributed by atoms with Gasteiger partial charge in [-0.3, -0.25) is 0 Å². The van der Waals surface area contributed by atoms with Crippen molar-refractivity contribution in [2.24, 2.45) is 5.16 Å². The lowest BCUT2D eigenvalue weighted by molar-refractivity contribution is 0.187. The van der Waals surface area contributed by atoms with E-state index in [0.717, 1.165) is 42.4 Å². The van der Waals surface area contributed by atoms with E-state index in [2.05, 4.69) is 34.2 Å². The van der Waals surface area contributed by atoms with Gasteiger partial charge in [0.05, 0.1) is 5.56 Å². The Labute approximate surface area is 177 Å². The number of likely N-dealkylation sites (tertiary alicyclic amines) is 1. The second-order valence-electron chi connectivity index (χ2n) is 7.99. The molecular weight excluding hydrogens is 376 g/mol. The number of aryl methyl sites for hydroxylation is 1. The van der Waals surface area contributed by atoms with Gasteiger partial charge in [-0.05, 0) is 74.9 Å². The predicted molar refractivity (Wildman–Crippen MR) is 120 cm³/mol. The highest BCUT2D eigenvalue weighted by atomic mass is 16.5. The van der Waals surface area contributed by atoms with Crippen LogP contribution < -0.4 is 4.74 Å². The molecule has 0 amide bonds. The van der Waals surface area contributed by atoms with Gasteiger partial charge in [0.1, 0.15) is 5.75 Å². The largest absolute Gasteiger partial charge is 0.438 e. The number of rotatable bonds is 4. The molecule has 0 aliphatic carbocycles. The monoisotopic (exact) mass is 404 g/mol. The Morgan fingerprint density at radius 3 is 2.57 bits per heavy atom. The van der Waals surface area contributed by atoms with Gasteiger partial charge in [0.25, 0.3) is 0 Å². The molecule has 1 saturated heterocycles. The van der Waals surface area contributed by atoms with E-state index in [1.807, 2.05) is 61.3 Å². The van der Waals surface area contributed by atoms with Crippen LogP contribution in [0.3, 0.4) is 0 Å². The Morgan fingerprint density at radius 2 is 1.83 bits per heavy atom. The van der Waals surface area contributed by atoms with Gasteiger partial charge in [0.2, 0.25) is 5.88 Å². The average Bonchev–Trinajstić information content (AvgIpc) is 2.76. The van der Waals surface area contributed by atoms with Gasteiger partial charge >= 0.3 is 0 Å². The maximum atomic E-state index is 9.89. The van der Waals surface area contributed by atoms with Gasteiger partial charge in [0, 0.05) is 18.8 Å². The third-order valence-corrected chi connectivity index (χ3v) is 5.84. The zero-order valence-electron chi connectivity index (χ0n) is 17.7. The maximum absolute atomic E-state index is 9.89. The third kappa shape index (κ3) is 4.24. The summed E-state index contributed by atoms with van der Waals surface area (Å²) in [6.07, 6.45) is 2.04. The van der Waals surface area contributed by atoms with Crippen molar-refractivity contribution in [2.75, 3.05) is 27.2 Å². The number of ether oxygens (including phenoxy) is 1. The van der Waals surface area contributed by atoms with Crippen LogP contribution in [-0.2, 0) is 0 Å². The molecule has 2 heterocycles. The second-order valence-corrected chi connectivity index (χ2v) is 7.99. The number of hydrogen-bond donors (Lipinski definition) is 1. The van der Waals surface area contributed by atoms with Crippen LogP contribution in [0.1, 0.15) is 24.1 Å². The molecule has 1 aromatic heterocycles. The van der Waals surface area contributed by atoms with Crippen molar-refractivity contribution in [3.63, 3.8) is 0 Å². The first-order valence-electron chi connectivity index (χ1n) is 10.3.